The lowest BCUT2D eigenvalue weighted by Crippen LogP contribution is -2.41. The second kappa shape index (κ2) is 9.40. The van der Waals surface area contributed by atoms with Gasteiger partial charge in [-0.05, 0) is 74.3 Å². The zero-order chi connectivity index (χ0) is 21.8. The molecule has 0 aromatic heterocycles. The molecule has 166 valence electrons. The van der Waals surface area contributed by atoms with E-state index in [-0.39, 0.29) is 23.5 Å². The van der Waals surface area contributed by atoms with Crippen LogP contribution in [-0.2, 0) is 21.2 Å². The molecular formula is C24H30N2O4S. The molecule has 2 aromatic rings. The van der Waals surface area contributed by atoms with E-state index in [1.165, 1.54) is 11.6 Å². The highest BCUT2D eigenvalue weighted by atomic mass is 32.2. The Morgan fingerprint density at radius 2 is 1.77 bits per heavy atom. The normalized spacial score (nSPS) is 17.5. The molecule has 1 aliphatic carbocycles. The minimum Gasteiger partial charge on any atom is -0.483 e. The van der Waals surface area contributed by atoms with Crippen molar-refractivity contribution in [3.63, 3.8) is 0 Å². The largest absolute Gasteiger partial charge is 0.483 e. The summed E-state index contributed by atoms with van der Waals surface area (Å²) in [7, 11) is -3.49. The average molecular weight is 443 g/mol. The van der Waals surface area contributed by atoms with E-state index in [9.17, 15) is 13.2 Å². The summed E-state index contributed by atoms with van der Waals surface area (Å²) >= 11 is 0. The van der Waals surface area contributed by atoms with Crippen LogP contribution in [0.25, 0.3) is 0 Å². The number of piperidine rings is 1. The van der Waals surface area contributed by atoms with Gasteiger partial charge in [-0.2, -0.15) is 0 Å². The molecule has 1 heterocycles. The van der Waals surface area contributed by atoms with Crippen LogP contribution in [0.3, 0.4) is 0 Å². The molecule has 2 fully saturated rings. The van der Waals surface area contributed by atoms with Gasteiger partial charge in [-0.1, -0.05) is 30.3 Å². The molecule has 0 spiro atoms. The number of likely N-dealkylation sites (tertiary alicyclic amines) is 1. The number of hydrogen-bond acceptors (Lipinski definition) is 4. The third kappa shape index (κ3) is 5.86. The number of nitrogens with zero attached hydrogens (tertiary/aromatic N) is 1. The Morgan fingerprint density at radius 1 is 1.06 bits per heavy atom. The fraction of sp³-hybridized carbons (Fsp3) is 0.458. The van der Waals surface area contributed by atoms with Crippen LogP contribution < -0.4 is 9.46 Å². The molecule has 0 radical (unpaired) electrons. The van der Waals surface area contributed by atoms with E-state index in [0.717, 1.165) is 45.2 Å². The van der Waals surface area contributed by atoms with Gasteiger partial charge < -0.3 is 9.64 Å². The minimum atomic E-state index is -3.49. The van der Waals surface area contributed by atoms with Crippen molar-refractivity contribution < 1.29 is 17.9 Å². The number of rotatable bonds is 8. The highest BCUT2D eigenvalue weighted by Gasteiger charge is 2.28. The first kappa shape index (κ1) is 21.8. The summed E-state index contributed by atoms with van der Waals surface area (Å²) in [6.07, 6.45) is 4.85. The Labute approximate surface area is 184 Å². The zero-order valence-electron chi connectivity index (χ0n) is 17.9. The molecule has 1 aliphatic heterocycles. The number of carbonyl (C=O) groups excluding carboxylic acids is 1. The van der Waals surface area contributed by atoms with Gasteiger partial charge >= 0.3 is 0 Å². The smallest absolute Gasteiger partial charge is 0.260 e. The Balaban J connectivity index is 1.26. The van der Waals surface area contributed by atoms with Crippen molar-refractivity contribution in [3.8, 4) is 5.75 Å². The van der Waals surface area contributed by atoms with E-state index in [4.69, 9.17) is 4.74 Å². The number of nitrogens with one attached hydrogen (secondary N) is 1. The maximum absolute atomic E-state index is 12.6. The quantitative estimate of drug-likeness (QED) is 0.681. The summed E-state index contributed by atoms with van der Waals surface area (Å²) < 4.78 is 33.1. The summed E-state index contributed by atoms with van der Waals surface area (Å²) in [5, 5.41) is 0. The maximum Gasteiger partial charge on any atom is 0.260 e. The average Bonchev–Trinajstić information content (AvgIpc) is 3.57. The Hall–Kier alpha value is -2.38. The molecule has 1 amide bonds. The fourth-order valence-electron chi connectivity index (χ4n) is 4.00. The minimum absolute atomic E-state index is 0.0235. The molecule has 1 saturated carbocycles. The summed E-state index contributed by atoms with van der Waals surface area (Å²) in [6, 6.07) is 15.3. The van der Waals surface area contributed by atoms with Crippen LogP contribution in [0.2, 0.25) is 0 Å². The standard InChI is InChI=1S/C24H30N2O4S/c1-18-15-22(31(28,29)25-21-7-8-21)9-10-23(18)30-17-24(27)26-13-11-20(12-14-26)16-19-5-3-2-4-6-19/h2-6,9-10,15,20-21,25H,7-8,11-14,16-17H2,1H3. The lowest BCUT2D eigenvalue weighted by Gasteiger charge is -2.32. The van der Waals surface area contributed by atoms with E-state index in [1.807, 2.05) is 11.0 Å². The van der Waals surface area contributed by atoms with Crippen LogP contribution in [0.15, 0.2) is 53.4 Å². The summed E-state index contributed by atoms with van der Waals surface area (Å²) in [5.41, 5.74) is 2.05. The van der Waals surface area contributed by atoms with Crippen LogP contribution in [0.4, 0.5) is 0 Å². The Bertz CT molecular complexity index is 1010. The first-order valence-corrected chi connectivity index (χ1v) is 12.5. The van der Waals surface area contributed by atoms with Crippen molar-refractivity contribution in [2.24, 2.45) is 5.92 Å². The molecule has 31 heavy (non-hydrogen) atoms. The van der Waals surface area contributed by atoms with E-state index >= 15 is 0 Å². The van der Waals surface area contributed by atoms with Crippen LogP contribution in [0.5, 0.6) is 5.75 Å². The van der Waals surface area contributed by atoms with Gasteiger partial charge in [0.1, 0.15) is 5.75 Å². The third-order valence-electron chi connectivity index (χ3n) is 6.04. The van der Waals surface area contributed by atoms with Crippen molar-refractivity contribution in [1.29, 1.82) is 0 Å². The van der Waals surface area contributed by atoms with Gasteiger partial charge in [-0.25, -0.2) is 13.1 Å². The summed E-state index contributed by atoms with van der Waals surface area (Å²) in [5.74, 6) is 1.12. The van der Waals surface area contributed by atoms with E-state index in [0.29, 0.717) is 17.2 Å². The number of aryl methyl sites for hydroxylation is 1. The van der Waals surface area contributed by atoms with E-state index < -0.39 is 10.0 Å². The highest BCUT2D eigenvalue weighted by molar-refractivity contribution is 7.89. The number of ether oxygens (including phenoxy) is 1. The predicted octanol–water partition coefficient (Wildman–Crippen LogP) is 3.30. The molecule has 1 N–H and O–H groups in total. The SMILES string of the molecule is Cc1cc(S(=O)(=O)NC2CC2)ccc1OCC(=O)N1CCC(Cc2ccccc2)CC1. The molecular weight excluding hydrogens is 412 g/mol. The van der Waals surface area contributed by atoms with Gasteiger partial charge in [0.25, 0.3) is 5.91 Å². The zero-order valence-corrected chi connectivity index (χ0v) is 18.7. The van der Waals surface area contributed by atoms with Crippen LogP contribution in [-0.4, -0.2) is 45.0 Å². The molecule has 1 saturated heterocycles. The first-order valence-electron chi connectivity index (χ1n) is 11.0. The monoisotopic (exact) mass is 442 g/mol. The van der Waals surface area contributed by atoms with Gasteiger partial charge in [0.05, 0.1) is 4.90 Å². The predicted molar refractivity (Wildman–Crippen MR) is 119 cm³/mol. The van der Waals surface area contributed by atoms with Gasteiger partial charge in [0.15, 0.2) is 6.61 Å². The van der Waals surface area contributed by atoms with Crippen molar-refractivity contribution >= 4 is 15.9 Å². The second-order valence-electron chi connectivity index (χ2n) is 8.63. The van der Waals surface area contributed by atoms with E-state index in [1.54, 1.807) is 19.1 Å². The second-order valence-corrected chi connectivity index (χ2v) is 10.3. The van der Waals surface area contributed by atoms with Crippen LogP contribution in [0.1, 0.15) is 36.8 Å². The molecule has 0 unspecified atom stereocenters. The molecule has 6 nitrogen and oxygen atoms in total. The van der Waals surface area contributed by atoms with Crippen molar-refractivity contribution in [2.75, 3.05) is 19.7 Å². The lowest BCUT2D eigenvalue weighted by molar-refractivity contribution is -0.134. The van der Waals surface area contributed by atoms with Crippen molar-refractivity contribution in [3.05, 3.63) is 59.7 Å². The van der Waals surface area contributed by atoms with Gasteiger partial charge in [-0.3, -0.25) is 4.79 Å². The maximum atomic E-state index is 12.6. The molecule has 0 bridgehead atoms. The summed E-state index contributed by atoms with van der Waals surface area (Å²) in [6.45, 7) is 3.27. The molecule has 0 atom stereocenters. The fourth-order valence-corrected chi connectivity index (χ4v) is 5.39. The summed E-state index contributed by atoms with van der Waals surface area (Å²) in [4.78, 5) is 14.7. The van der Waals surface area contributed by atoms with Gasteiger partial charge in [0, 0.05) is 19.1 Å². The molecule has 7 heteroatoms. The Kier molecular flexibility index (Phi) is 6.62. The van der Waals surface area contributed by atoms with Crippen LogP contribution >= 0.6 is 0 Å². The number of sulfonamides is 1. The topological polar surface area (TPSA) is 75.7 Å². The number of benzene rings is 2. The first-order chi connectivity index (χ1) is 14.9. The lowest BCUT2D eigenvalue weighted by atomic mass is 9.90. The third-order valence-corrected chi connectivity index (χ3v) is 7.56. The molecule has 4 rings (SSSR count). The van der Waals surface area contributed by atoms with Crippen LogP contribution in [0, 0.1) is 12.8 Å². The van der Waals surface area contributed by atoms with Gasteiger partial charge in [0.2, 0.25) is 10.0 Å². The Morgan fingerprint density at radius 3 is 2.42 bits per heavy atom. The van der Waals surface area contributed by atoms with Crippen molar-refractivity contribution in [2.45, 2.75) is 50.0 Å². The number of hydrogen-bond donors (Lipinski definition) is 1. The van der Waals surface area contributed by atoms with E-state index in [2.05, 4.69) is 29.0 Å². The van der Waals surface area contributed by atoms with Crippen molar-refractivity contribution in [1.82, 2.24) is 9.62 Å². The molecule has 2 aromatic carbocycles. The number of amides is 1. The molecule has 2 aliphatic rings. The van der Waals surface area contributed by atoms with Gasteiger partial charge in [-0.15, -0.1) is 0 Å². The number of carbonyl (C=O) groups is 1. The highest BCUT2D eigenvalue weighted by Crippen LogP contribution is 2.26.